The van der Waals surface area contributed by atoms with E-state index in [0.29, 0.717) is 17.4 Å². The van der Waals surface area contributed by atoms with Gasteiger partial charge in [-0.1, -0.05) is 57.9 Å². The minimum atomic E-state index is 0.310. The number of rotatable bonds is 4. The maximum Gasteiger partial charge on any atom is 0.0133 e. The smallest absolute Gasteiger partial charge is 0.0133 e. The van der Waals surface area contributed by atoms with Crippen molar-refractivity contribution in [1.82, 2.24) is 0 Å². The lowest BCUT2D eigenvalue weighted by molar-refractivity contribution is 0.260. The van der Waals surface area contributed by atoms with Crippen LogP contribution in [0.25, 0.3) is 0 Å². The van der Waals surface area contributed by atoms with E-state index in [1.807, 2.05) is 0 Å². The van der Waals surface area contributed by atoms with Gasteiger partial charge in [-0.15, -0.1) is 0 Å². The summed E-state index contributed by atoms with van der Waals surface area (Å²) >= 11 is 0. The zero-order valence-electron chi connectivity index (χ0n) is 12.1. The largest absolute Gasteiger partial charge is 0.327 e. The molecule has 1 aliphatic rings. The van der Waals surface area contributed by atoms with Gasteiger partial charge in [-0.05, 0) is 41.7 Å². The average Bonchev–Trinajstić information content (AvgIpc) is 2.78. The maximum absolute atomic E-state index is 6.44. The summed E-state index contributed by atoms with van der Waals surface area (Å²) < 4.78 is 0. The van der Waals surface area contributed by atoms with E-state index in [2.05, 4.69) is 45.0 Å². The van der Waals surface area contributed by atoms with Gasteiger partial charge in [0.25, 0.3) is 0 Å². The van der Waals surface area contributed by atoms with Crippen LogP contribution in [0.4, 0.5) is 0 Å². The molecule has 0 radical (unpaired) electrons. The lowest BCUT2D eigenvalue weighted by atomic mass is 9.78. The van der Waals surface area contributed by atoms with Gasteiger partial charge in [0.1, 0.15) is 0 Å². The molecule has 1 aromatic rings. The third kappa shape index (κ3) is 2.95. The predicted octanol–water partition coefficient (Wildman–Crippen LogP) is 4.26. The first-order valence-electron chi connectivity index (χ1n) is 7.36. The zero-order valence-corrected chi connectivity index (χ0v) is 12.1. The molecule has 0 amide bonds. The highest BCUT2D eigenvalue weighted by atomic mass is 14.7. The summed E-state index contributed by atoms with van der Waals surface area (Å²) in [5, 5.41) is 0. The third-order valence-corrected chi connectivity index (χ3v) is 4.74. The zero-order chi connectivity index (χ0) is 13.2. The van der Waals surface area contributed by atoms with Crippen molar-refractivity contribution in [2.45, 2.75) is 64.8 Å². The van der Waals surface area contributed by atoms with Crippen LogP contribution in [0.5, 0.6) is 0 Å². The van der Waals surface area contributed by atoms with Crippen LogP contribution < -0.4 is 5.73 Å². The number of benzene rings is 1. The van der Waals surface area contributed by atoms with Gasteiger partial charge in [0.2, 0.25) is 0 Å². The molecule has 0 spiro atoms. The Kier molecular flexibility index (Phi) is 4.11. The van der Waals surface area contributed by atoms with Crippen molar-refractivity contribution in [2.75, 3.05) is 0 Å². The van der Waals surface area contributed by atoms with Crippen LogP contribution in [0.15, 0.2) is 24.3 Å². The first-order valence-corrected chi connectivity index (χ1v) is 7.36. The molecule has 1 aromatic carbocycles. The summed E-state index contributed by atoms with van der Waals surface area (Å²) in [5.74, 6) is 0.611. The van der Waals surface area contributed by atoms with Crippen molar-refractivity contribution >= 4 is 0 Å². The van der Waals surface area contributed by atoms with Crippen molar-refractivity contribution in [3.63, 3.8) is 0 Å². The molecule has 1 saturated carbocycles. The topological polar surface area (TPSA) is 26.0 Å². The second-order valence-electron chi connectivity index (χ2n) is 6.57. The van der Waals surface area contributed by atoms with Crippen molar-refractivity contribution in [2.24, 2.45) is 11.1 Å². The average molecular weight is 245 g/mol. The van der Waals surface area contributed by atoms with Gasteiger partial charge in [-0.3, -0.25) is 0 Å². The second kappa shape index (κ2) is 5.44. The Hall–Kier alpha value is -0.820. The Morgan fingerprint density at radius 2 is 1.67 bits per heavy atom. The van der Waals surface area contributed by atoms with E-state index < -0.39 is 0 Å². The Balaban J connectivity index is 2.00. The maximum atomic E-state index is 6.44. The van der Waals surface area contributed by atoms with Gasteiger partial charge < -0.3 is 5.73 Å². The van der Waals surface area contributed by atoms with E-state index in [1.165, 1.54) is 36.8 Å². The summed E-state index contributed by atoms with van der Waals surface area (Å²) in [6, 6.07) is 9.33. The van der Waals surface area contributed by atoms with Gasteiger partial charge in [-0.2, -0.15) is 0 Å². The second-order valence-corrected chi connectivity index (χ2v) is 6.57. The highest BCUT2D eigenvalue weighted by molar-refractivity contribution is 5.25. The summed E-state index contributed by atoms with van der Waals surface area (Å²) in [4.78, 5) is 0. The van der Waals surface area contributed by atoms with Crippen LogP contribution in [0, 0.1) is 5.41 Å². The van der Waals surface area contributed by atoms with Gasteiger partial charge in [0.05, 0.1) is 0 Å². The van der Waals surface area contributed by atoms with Crippen LogP contribution in [0.1, 0.15) is 63.5 Å². The Morgan fingerprint density at radius 3 is 2.17 bits per heavy atom. The van der Waals surface area contributed by atoms with Crippen molar-refractivity contribution in [3.8, 4) is 0 Å². The molecule has 0 saturated heterocycles. The van der Waals surface area contributed by atoms with Crippen molar-refractivity contribution < 1.29 is 0 Å². The van der Waals surface area contributed by atoms with E-state index in [-0.39, 0.29) is 0 Å². The van der Waals surface area contributed by atoms with Crippen LogP contribution in [-0.4, -0.2) is 6.04 Å². The number of hydrogen-bond acceptors (Lipinski definition) is 1. The Labute approximate surface area is 112 Å². The molecule has 0 bridgehead atoms. The molecular formula is C17H27N. The number of hydrogen-bond donors (Lipinski definition) is 1. The van der Waals surface area contributed by atoms with E-state index in [9.17, 15) is 0 Å². The molecule has 1 aliphatic carbocycles. The minimum Gasteiger partial charge on any atom is -0.327 e. The lowest BCUT2D eigenvalue weighted by Gasteiger charge is -2.31. The van der Waals surface area contributed by atoms with Gasteiger partial charge >= 0.3 is 0 Å². The van der Waals surface area contributed by atoms with Gasteiger partial charge in [0.15, 0.2) is 0 Å². The monoisotopic (exact) mass is 245 g/mol. The molecule has 1 nitrogen and oxygen atoms in total. The quantitative estimate of drug-likeness (QED) is 0.842. The van der Waals surface area contributed by atoms with Gasteiger partial charge in [-0.25, -0.2) is 0 Å². The molecule has 2 rings (SSSR count). The first-order chi connectivity index (χ1) is 8.51. The highest BCUT2D eigenvalue weighted by Crippen LogP contribution is 2.40. The fourth-order valence-electron chi connectivity index (χ4n) is 3.09. The number of nitrogens with two attached hydrogens (primary N) is 1. The molecule has 1 atom stereocenters. The SMILES string of the molecule is CC(C)c1ccc(CC(N)C2(C)CCCC2)cc1. The molecule has 100 valence electrons. The first kappa shape index (κ1) is 13.6. The molecule has 0 aliphatic heterocycles. The highest BCUT2D eigenvalue weighted by Gasteiger charge is 2.34. The van der Waals surface area contributed by atoms with Crippen LogP contribution in [0.3, 0.4) is 0 Å². The predicted molar refractivity (Wildman–Crippen MR) is 78.8 cm³/mol. The molecule has 1 unspecified atom stereocenters. The summed E-state index contributed by atoms with van der Waals surface area (Å²) in [6.45, 7) is 6.84. The molecule has 2 N–H and O–H groups in total. The summed E-state index contributed by atoms with van der Waals surface area (Å²) in [5.41, 5.74) is 9.62. The summed E-state index contributed by atoms with van der Waals surface area (Å²) in [7, 11) is 0. The van der Waals surface area contributed by atoms with E-state index in [1.54, 1.807) is 0 Å². The van der Waals surface area contributed by atoms with E-state index in [4.69, 9.17) is 5.73 Å². The molecule has 1 heteroatoms. The normalized spacial score (nSPS) is 20.3. The Morgan fingerprint density at radius 1 is 1.11 bits per heavy atom. The van der Waals surface area contributed by atoms with Crippen molar-refractivity contribution in [3.05, 3.63) is 35.4 Å². The van der Waals surface area contributed by atoms with E-state index in [0.717, 1.165) is 6.42 Å². The van der Waals surface area contributed by atoms with Crippen molar-refractivity contribution in [1.29, 1.82) is 0 Å². The third-order valence-electron chi connectivity index (χ3n) is 4.74. The molecule has 18 heavy (non-hydrogen) atoms. The van der Waals surface area contributed by atoms with Gasteiger partial charge in [0, 0.05) is 6.04 Å². The summed E-state index contributed by atoms with van der Waals surface area (Å²) in [6.07, 6.45) is 6.35. The standard InChI is InChI=1S/C17H27N/c1-13(2)15-8-6-14(7-9-15)12-16(18)17(3)10-4-5-11-17/h6-9,13,16H,4-5,10-12,18H2,1-3H3. The van der Waals surface area contributed by atoms with Crippen LogP contribution in [0.2, 0.25) is 0 Å². The molecule has 0 heterocycles. The van der Waals surface area contributed by atoms with Crippen LogP contribution >= 0.6 is 0 Å². The van der Waals surface area contributed by atoms with E-state index >= 15 is 0 Å². The molecule has 0 aromatic heterocycles. The fourth-order valence-corrected chi connectivity index (χ4v) is 3.09. The Bertz CT molecular complexity index is 371. The minimum absolute atomic E-state index is 0.310. The molecule has 1 fully saturated rings. The fraction of sp³-hybridized carbons (Fsp3) is 0.647. The van der Waals surface area contributed by atoms with Crippen LogP contribution in [-0.2, 0) is 6.42 Å². The lowest BCUT2D eigenvalue weighted by Crippen LogP contribution is -2.39. The molecular weight excluding hydrogens is 218 g/mol.